The Labute approximate surface area is 272 Å². The zero-order chi connectivity index (χ0) is 33.4. The fourth-order valence-electron chi connectivity index (χ4n) is 6.06. The van der Waals surface area contributed by atoms with Crippen molar-refractivity contribution in [2.75, 3.05) is 84.6 Å². The molecule has 1 fully saturated rings. The summed E-state index contributed by atoms with van der Waals surface area (Å²) in [4.78, 5) is 14.8. The Hall–Kier alpha value is -4.12. The van der Waals surface area contributed by atoms with Crippen LogP contribution in [0.5, 0.6) is 11.5 Å². The number of anilines is 2. The lowest BCUT2D eigenvalue weighted by atomic mass is 9.89. The second-order valence-electron chi connectivity index (χ2n) is 11.6. The summed E-state index contributed by atoms with van der Waals surface area (Å²) in [6.07, 6.45) is -2.73. The molecule has 2 unspecified atom stereocenters. The van der Waals surface area contributed by atoms with Crippen LogP contribution < -0.4 is 20.1 Å². The number of rotatable bonds is 3. The molecule has 5 rings (SSSR count). The number of nitrogens with one attached hydrogen (secondary N) is 2. The van der Waals surface area contributed by atoms with Crippen LogP contribution in [-0.2, 0) is 20.8 Å². The van der Waals surface area contributed by atoms with Gasteiger partial charge in [0.05, 0.1) is 57.5 Å². The number of likely N-dealkylation sites (tertiary alicyclic amines) is 1. The highest BCUT2D eigenvalue weighted by Crippen LogP contribution is 2.35. The number of fused-ring (bicyclic) bond motifs is 4. The van der Waals surface area contributed by atoms with Gasteiger partial charge in [0.1, 0.15) is 30.2 Å². The molecule has 13 heteroatoms. The first-order valence-electron chi connectivity index (χ1n) is 15.6. The number of hydrogen-bond donors (Lipinski definition) is 2. The molecule has 2 N–H and O–H groups in total. The van der Waals surface area contributed by atoms with Crippen molar-refractivity contribution in [3.63, 3.8) is 0 Å². The minimum Gasteiger partial charge on any atom is -0.495 e. The molecule has 0 amide bonds. The van der Waals surface area contributed by atoms with Crippen LogP contribution in [0.4, 0.5) is 24.5 Å². The van der Waals surface area contributed by atoms with Crippen molar-refractivity contribution in [2.45, 2.75) is 31.6 Å². The lowest BCUT2D eigenvalue weighted by Crippen LogP contribution is -2.45. The molecule has 0 radical (unpaired) electrons. The van der Waals surface area contributed by atoms with E-state index in [1.165, 1.54) is 24.9 Å². The lowest BCUT2D eigenvalue weighted by Gasteiger charge is -2.38. The Morgan fingerprint density at radius 3 is 2.60 bits per heavy atom. The molecule has 10 nitrogen and oxygen atoms in total. The number of methoxy groups -OCH3 is 2. The number of halogens is 3. The van der Waals surface area contributed by atoms with Gasteiger partial charge >= 0.3 is 12.1 Å². The van der Waals surface area contributed by atoms with Gasteiger partial charge in [-0.1, -0.05) is 12.0 Å². The summed E-state index contributed by atoms with van der Waals surface area (Å²) in [5.74, 6) is 6.17. The molecule has 4 bridgehead atoms. The zero-order valence-corrected chi connectivity index (χ0v) is 26.9. The first-order valence-corrected chi connectivity index (χ1v) is 15.6. The summed E-state index contributed by atoms with van der Waals surface area (Å²) in [6.45, 7) is 2.48. The summed E-state index contributed by atoms with van der Waals surface area (Å²) in [6, 6.07) is 10.3. The van der Waals surface area contributed by atoms with Crippen molar-refractivity contribution in [3.05, 3.63) is 47.7 Å². The number of nitrogens with zero attached hydrogens (tertiary/aromatic N) is 2. The van der Waals surface area contributed by atoms with E-state index < -0.39 is 18.7 Å². The average Bonchev–Trinajstić information content (AvgIpc) is 3.38. The van der Waals surface area contributed by atoms with E-state index in [9.17, 15) is 18.0 Å². The van der Waals surface area contributed by atoms with E-state index in [4.69, 9.17) is 23.7 Å². The monoisotopic (exact) mass is 658 g/mol. The van der Waals surface area contributed by atoms with Gasteiger partial charge in [0.25, 0.3) is 0 Å². The standard InChI is InChI=1S/C34H41F3N4O6/c1-40-12-9-27-23(21-40)10-13-45-14-15-46-16-17-47-31-20-29(32(43-2)19-26(31)33(42)44-3)38-11-5-6-24-18-25-28(39-27)7-4-8-30(25)41(24)22-34(35,36)37/h4,7-8,18-20,23,27,38-39H,9-17,21-22H2,1-3H3. The molecule has 0 aliphatic carbocycles. The van der Waals surface area contributed by atoms with Crippen molar-refractivity contribution < 1.29 is 41.7 Å². The maximum Gasteiger partial charge on any atom is 0.406 e. The van der Waals surface area contributed by atoms with E-state index in [1.54, 1.807) is 24.3 Å². The molecule has 47 heavy (non-hydrogen) atoms. The van der Waals surface area contributed by atoms with Crippen LogP contribution in [-0.4, -0.2) is 102 Å². The van der Waals surface area contributed by atoms with Crippen molar-refractivity contribution >= 4 is 28.2 Å². The number of carbonyl (C=O) groups is 1. The number of piperidine rings is 1. The minimum atomic E-state index is -4.44. The number of esters is 1. The highest BCUT2D eigenvalue weighted by atomic mass is 19.4. The predicted octanol–water partition coefficient (Wildman–Crippen LogP) is 5.01. The Bertz CT molecular complexity index is 1600. The van der Waals surface area contributed by atoms with Crippen LogP contribution in [0.1, 0.15) is 28.9 Å². The molecule has 3 aromatic rings. The zero-order valence-electron chi connectivity index (χ0n) is 26.9. The second-order valence-corrected chi connectivity index (χ2v) is 11.6. The van der Waals surface area contributed by atoms with Crippen molar-refractivity contribution in [1.82, 2.24) is 9.47 Å². The minimum absolute atomic E-state index is 0.0758. The van der Waals surface area contributed by atoms with Gasteiger partial charge in [-0.05, 0) is 56.5 Å². The molecule has 1 saturated heterocycles. The topological polar surface area (TPSA) is 95.5 Å². The summed E-state index contributed by atoms with van der Waals surface area (Å²) < 4.78 is 70.5. The second kappa shape index (κ2) is 15.6. The molecule has 2 aliphatic rings. The SMILES string of the molecule is COC(=O)c1cc(OC)c2cc1OCCOCCOCCC1CN(C)CCC1Nc1cccc3c1cc(n3CC(F)(F)F)C#CCN2. The van der Waals surface area contributed by atoms with Gasteiger partial charge in [0.2, 0.25) is 0 Å². The van der Waals surface area contributed by atoms with Crippen LogP contribution >= 0.6 is 0 Å². The van der Waals surface area contributed by atoms with E-state index in [0.29, 0.717) is 42.2 Å². The third-order valence-electron chi connectivity index (χ3n) is 8.34. The summed E-state index contributed by atoms with van der Waals surface area (Å²) in [5.41, 5.74) is 2.13. The fraction of sp³-hybridized carbons (Fsp3) is 0.500. The average molecular weight is 659 g/mol. The van der Waals surface area contributed by atoms with Crippen LogP contribution in [0.2, 0.25) is 0 Å². The molecule has 2 atom stereocenters. The number of carbonyl (C=O) groups excluding carboxylic acids is 1. The molecular weight excluding hydrogens is 617 g/mol. The highest BCUT2D eigenvalue weighted by molar-refractivity contribution is 5.95. The number of ether oxygens (including phenoxy) is 5. The van der Waals surface area contributed by atoms with Gasteiger partial charge in [0.15, 0.2) is 0 Å². The summed E-state index contributed by atoms with van der Waals surface area (Å²) in [7, 11) is 4.82. The van der Waals surface area contributed by atoms with Gasteiger partial charge in [-0.3, -0.25) is 0 Å². The number of benzene rings is 2. The molecule has 2 aliphatic heterocycles. The quantitative estimate of drug-likeness (QED) is 0.298. The van der Waals surface area contributed by atoms with E-state index in [2.05, 4.69) is 34.4 Å². The van der Waals surface area contributed by atoms with Crippen molar-refractivity contribution in [3.8, 4) is 23.3 Å². The predicted molar refractivity (Wildman–Crippen MR) is 172 cm³/mol. The molecule has 1 aromatic heterocycles. The maximum atomic E-state index is 13.8. The Kier molecular flexibility index (Phi) is 11.4. The van der Waals surface area contributed by atoms with Crippen LogP contribution in [0.15, 0.2) is 36.4 Å². The maximum absolute atomic E-state index is 13.8. The normalized spacial score (nSPS) is 20.1. The molecule has 254 valence electrons. The molecule has 0 spiro atoms. The summed E-state index contributed by atoms with van der Waals surface area (Å²) in [5, 5.41) is 7.48. The molecule has 3 heterocycles. The highest BCUT2D eigenvalue weighted by Gasteiger charge is 2.31. The largest absolute Gasteiger partial charge is 0.495 e. The number of hydrogen-bond acceptors (Lipinski definition) is 9. The van der Waals surface area contributed by atoms with Gasteiger partial charge in [0, 0.05) is 42.4 Å². The Balaban J connectivity index is 1.50. The number of aromatic nitrogens is 1. The van der Waals surface area contributed by atoms with Crippen LogP contribution in [0.25, 0.3) is 10.9 Å². The van der Waals surface area contributed by atoms with Crippen LogP contribution in [0.3, 0.4) is 0 Å². The van der Waals surface area contributed by atoms with E-state index in [1.807, 2.05) is 6.07 Å². The summed E-state index contributed by atoms with van der Waals surface area (Å²) >= 11 is 0. The van der Waals surface area contributed by atoms with E-state index in [0.717, 1.165) is 31.6 Å². The third kappa shape index (κ3) is 8.82. The Morgan fingerprint density at radius 1 is 1.04 bits per heavy atom. The third-order valence-corrected chi connectivity index (χ3v) is 8.34. The number of alkyl halides is 3. The van der Waals surface area contributed by atoms with Gasteiger partial charge in [-0.15, -0.1) is 0 Å². The van der Waals surface area contributed by atoms with Crippen LogP contribution in [0, 0.1) is 17.8 Å². The molecule has 2 aromatic carbocycles. The van der Waals surface area contributed by atoms with Crippen molar-refractivity contribution in [2.24, 2.45) is 5.92 Å². The van der Waals surface area contributed by atoms with Gasteiger partial charge in [-0.2, -0.15) is 13.2 Å². The van der Waals surface area contributed by atoms with Gasteiger partial charge < -0.3 is 43.8 Å². The fourth-order valence-corrected chi connectivity index (χ4v) is 6.06. The molecule has 0 saturated carbocycles. The molecular formula is C34H41F3N4O6. The van der Waals surface area contributed by atoms with E-state index in [-0.39, 0.29) is 48.7 Å². The lowest BCUT2D eigenvalue weighted by molar-refractivity contribution is -0.140. The first-order chi connectivity index (χ1) is 22.7. The van der Waals surface area contributed by atoms with Gasteiger partial charge in [-0.25, -0.2) is 4.79 Å². The first kappa shape index (κ1) is 34.2. The van der Waals surface area contributed by atoms with E-state index >= 15 is 0 Å². The smallest absolute Gasteiger partial charge is 0.406 e. The van der Waals surface area contributed by atoms with Crippen molar-refractivity contribution in [1.29, 1.82) is 0 Å². The Morgan fingerprint density at radius 2 is 1.83 bits per heavy atom.